The summed E-state index contributed by atoms with van der Waals surface area (Å²) in [6.45, 7) is 5.08. The summed E-state index contributed by atoms with van der Waals surface area (Å²) in [7, 11) is 0. The first-order chi connectivity index (χ1) is 8.58. The molecule has 1 aromatic rings. The van der Waals surface area contributed by atoms with Crippen LogP contribution in [0, 0.1) is 6.92 Å². The van der Waals surface area contributed by atoms with Crippen molar-refractivity contribution in [3.63, 3.8) is 0 Å². The zero-order chi connectivity index (χ0) is 13.1. The summed E-state index contributed by atoms with van der Waals surface area (Å²) in [5, 5.41) is 6.76. The molecule has 0 aromatic carbocycles. The molecule has 98 valence electrons. The lowest BCUT2D eigenvalue weighted by Gasteiger charge is -2.31. The largest absolute Gasteiger partial charge is 0.365 e. The van der Waals surface area contributed by atoms with Gasteiger partial charge < -0.3 is 16.4 Å². The maximum absolute atomic E-state index is 11.4. The van der Waals surface area contributed by atoms with Gasteiger partial charge >= 0.3 is 0 Å². The van der Waals surface area contributed by atoms with Crippen LogP contribution in [-0.2, 0) is 0 Å². The maximum Gasteiger partial charge on any atom is 0.252 e. The Balaban J connectivity index is 2.21. The minimum absolute atomic E-state index is 0.283. The van der Waals surface area contributed by atoms with E-state index in [1.165, 1.54) is 0 Å². The van der Waals surface area contributed by atoms with Crippen LogP contribution in [-0.4, -0.2) is 29.5 Å². The van der Waals surface area contributed by atoms with E-state index in [9.17, 15) is 4.79 Å². The van der Waals surface area contributed by atoms with Gasteiger partial charge in [-0.25, -0.2) is 4.98 Å². The lowest BCUT2D eigenvalue weighted by atomic mass is 9.99. The van der Waals surface area contributed by atoms with E-state index in [0.717, 1.165) is 25.1 Å². The van der Waals surface area contributed by atoms with Crippen LogP contribution in [0.25, 0.3) is 0 Å². The number of piperidine rings is 1. The van der Waals surface area contributed by atoms with Gasteiger partial charge in [-0.3, -0.25) is 4.79 Å². The van der Waals surface area contributed by atoms with E-state index >= 15 is 0 Å². The van der Waals surface area contributed by atoms with Gasteiger partial charge in [-0.15, -0.1) is 0 Å². The first-order valence-electron chi connectivity index (χ1n) is 6.35. The second-order valence-corrected chi connectivity index (χ2v) is 4.85. The number of carbonyl (C=O) groups excluding carboxylic acids is 1. The van der Waals surface area contributed by atoms with Gasteiger partial charge in [-0.05, 0) is 45.4 Å². The third-order valence-electron chi connectivity index (χ3n) is 3.38. The summed E-state index contributed by atoms with van der Waals surface area (Å²) < 4.78 is 0. The number of nitrogens with two attached hydrogens (primary N) is 1. The number of anilines is 1. The number of pyridine rings is 1. The molecule has 0 radical (unpaired) electrons. The molecule has 1 saturated heterocycles. The fraction of sp³-hybridized carbons (Fsp3) is 0.538. The van der Waals surface area contributed by atoms with E-state index in [4.69, 9.17) is 5.73 Å². The topological polar surface area (TPSA) is 80.0 Å². The fourth-order valence-corrected chi connectivity index (χ4v) is 2.28. The predicted molar refractivity (Wildman–Crippen MR) is 71.6 cm³/mol. The maximum atomic E-state index is 11.4. The number of primary amides is 1. The smallest absolute Gasteiger partial charge is 0.252 e. The Morgan fingerprint density at radius 2 is 2.33 bits per heavy atom. The number of amides is 1. The number of aromatic nitrogens is 1. The highest BCUT2D eigenvalue weighted by Gasteiger charge is 2.22. The van der Waals surface area contributed by atoms with Crippen molar-refractivity contribution in [3.05, 3.63) is 23.4 Å². The normalized spacial score (nSPS) is 23.7. The fourth-order valence-electron chi connectivity index (χ4n) is 2.28. The first-order valence-corrected chi connectivity index (χ1v) is 6.35. The Labute approximate surface area is 107 Å². The molecular formula is C13H20N4O. The molecule has 2 rings (SSSR count). The molecule has 1 fully saturated rings. The van der Waals surface area contributed by atoms with Gasteiger partial charge in [0.15, 0.2) is 0 Å². The van der Waals surface area contributed by atoms with Crippen LogP contribution in [0.4, 0.5) is 5.82 Å². The van der Waals surface area contributed by atoms with Gasteiger partial charge in [0, 0.05) is 17.8 Å². The van der Waals surface area contributed by atoms with Gasteiger partial charge in [0.2, 0.25) is 0 Å². The molecule has 1 aromatic heterocycles. The summed E-state index contributed by atoms with van der Waals surface area (Å²) in [5.74, 6) is 0.157. The van der Waals surface area contributed by atoms with Crippen molar-refractivity contribution in [2.45, 2.75) is 38.8 Å². The van der Waals surface area contributed by atoms with Crippen molar-refractivity contribution in [1.82, 2.24) is 10.3 Å². The number of aryl methyl sites for hydroxylation is 1. The average molecular weight is 248 g/mol. The molecule has 5 nitrogen and oxygen atoms in total. The minimum Gasteiger partial charge on any atom is -0.365 e. The number of nitrogens with zero attached hydrogens (tertiary/aromatic N) is 1. The monoisotopic (exact) mass is 248 g/mol. The SMILES string of the molecule is Cc1ccc(C(N)=O)c(NC2CCCNC2C)n1. The molecule has 0 saturated carbocycles. The summed E-state index contributed by atoms with van der Waals surface area (Å²) in [4.78, 5) is 15.8. The second-order valence-electron chi connectivity index (χ2n) is 4.85. The highest BCUT2D eigenvalue weighted by Crippen LogP contribution is 2.18. The summed E-state index contributed by atoms with van der Waals surface area (Å²) in [5.41, 5.74) is 6.70. The van der Waals surface area contributed by atoms with E-state index in [1.807, 2.05) is 6.92 Å². The number of nitrogens with one attached hydrogen (secondary N) is 2. The molecule has 2 heterocycles. The van der Waals surface area contributed by atoms with Crippen LogP contribution >= 0.6 is 0 Å². The standard InChI is InChI=1S/C13H20N4O/c1-8-5-6-10(12(14)18)13(16-8)17-11-4-3-7-15-9(11)2/h5-6,9,11,15H,3-4,7H2,1-2H3,(H2,14,18)(H,16,17). The average Bonchev–Trinajstić information content (AvgIpc) is 2.32. The molecule has 2 atom stereocenters. The molecule has 0 bridgehead atoms. The van der Waals surface area contributed by atoms with E-state index in [2.05, 4.69) is 22.5 Å². The molecule has 0 spiro atoms. The Morgan fingerprint density at radius 3 is 3.00 bits per heavy atom. The van der Waals surface area contributed by atoms with E-state index in [0.29, 0.717) is 17.4 Å². The van der Waals surface area contributed by atoms with Crippen LogP contribution in [0.15, 0.2) is 12.1 Å². The third kappa shape index (κ3) is 2.79. The lowest BCUT2D eigenvalue weighted by molar-refractivity contribution is 0.100. The molecule has 1 aliphatic rings. The Hall–Kier alpha value is -1.62. The summed E-state index contributed by atoms with van der Waals surface area (Å²) in [6, 6.07) is 4.18. The van der Waals surface area contributed by atoms with Crippen LogP contribution < -0.4 is 16.4 Å². The van der Waals surface area contributed by atoms with Gasteiger partial charge in [-0.1, -0.05) is 0 Å². The van der Waals surface area contributed by atoms with Crippen molar-refractivity contribution >= 4 is 11.7 Å². The number of carbonyl (C=O) groups is 1. The molecule has 4 N–H and O–H groups in total. The Bertz CT molecular complexity index is 447. The van der Waals surface area contributed by atoms with Crippen LogP contribution in [0.2, 0.25) is 0 Å². The van der Waals surface area contributed by atoms with Crippen LogP contribution in [0.3, 0.4) is 0 Å². The van der Waals surface area contributed by atoms with Gasteiger partial charge in [0.05, 0.1) is 5.56 Å². The molecular weight excluding hydrogens is 228 g/mol. The van der Waals surface area contributed by atoms with Gasteiger partial charge in [-0.2, -0.15) is 0 Å². The lowest BCUT2D eigenvalue weighted by Crippen LogP contribution is -2.47. The summed E-state index contributed by atoms with van der Waals surface area (Å²) >= 11 is 0. The molecule has 18 heavy (non-hydrogen) atoms. The summed E-state index contributed by atoms with van der Waals surface area (Å²) in [6.07, 6.45) is 2.20. The van der Waals surface area contributed by atoms with Crippen molar-refractivity contribution in [1.29, 1.82) is 0 Å². The third-order valence-corrected chi connectivity index (χ3v) is 3.38. The zero-order valence-corrected chi connectivity index (χ0v) is 10.9. The first kappa shape index (κ1) is 12.8. The second kappa shape index (κ2) is 5.35. The van der Waals surface area contributed by atoms with Crippen molar-refractivity contribution in [2.75, 3.05) is 11.9 Å². The number of hydrogen-bond donors (Lipinski definition) is 3. The highest BCUT2D eigenvalue weighted by molar-refractivity contribution is 5.97. The van der Waals surface area contributed by atoms with Gasteiger partial charge in [0.1, 0.15) is 5.82 Å². The van der Waals surface area contributed by atoms with Crippen molar-refractivity contribution in [3.8, 4) is 0 Å². The van der Waals surface area contributed by atoms with E-state index < -0.39 is 5.91 Å². The van der Waals surface area contributed by atoms with Gasteiger partial charge in [0.25, 0.3) is 5.91 Å². The Morgan fingerprint density at radius 1 is 1.56 bits per heavy atom. The quantitative estimate of drug-likeness (QED) is 0.746. The molecule has 1 aliphatic heterocycles. The van der Waals surface area contributed by atoms with Crippen molar-refractivity contribution in [2.24, 2.45) is 5.73 Å². The minimum atomic E-state index is -0.443. The molecule has 1 amide bonds. The molecule has 0 aliphatic carbocycles. The molecule has 5 heteroatoms. The number of rotatable bonds is 3. The van der Waals surface area contributed by atoms with E-state index in [-0.39, 0.29) is 6.04 Å². The van der Waals surface area contributed by atoms with Crippen molar-refractivity contribution < 1.29 is 4.79 Å². The number of hydrogen-bond acceptors (Lipinski definition) is 4. The Kier molecular flexibility index (Phi) is 3.81. The highest BCUT2D eigenvalue weighted by atomic mass is 16.1. The van der Waals surface area contributed by atoms with Crippen LogP contribution in [0.1, 0.15) is 35.8 Å². The molecule has 2 unspecified atom stereocenters. The predicted octanol–water partition coefficient (Wildman–Crippen LogP) is 1.04. The van der Waals surface area contributed by atoms with E-state index in [1.54, 1.807) is 12.1 Å². The van der Waals surface area contributed by atoms with Crippen LogP contribution in [0.5, 0.6) is 0 Å². The zero-order valence-electron chi connectivity index (χ0n) is 10.9.